The Balaban J connectivity index is 1.86. The van der Waals surface area contributed by atoms with E-state index in [9.17, 15) is 9.59 Å². The van der Waals surface area contributed by atoms with Crippen LogP contribution in [0.3, 0.4) is 0 Å². The Labute approximate surface area is 210 Å². The molecule has 5 nitrogen and oxygen atoms in total. The normalized spacial score (nSPS) is 11.1. The second kappa shape index (κ2) is 10.5. The molecule has 0 saturated heterocycles. The van der Waals surface area contributed by atoms with Crippen LogP contribution in [0.5, 0.6) is 0 Å². The molecule has 0 atom stereocenters. The zero-order valence-corrected chi connectivity index (χ0v) is 21.8. The number of rotatable bonds is 7. The van der Waals surface area contributed by atoms with Crippen LogP contribution in [0.1, 0.15) is 51.5 Å². The lowest BCUT2D eigenvalue weighted by molar-refractivity contribution is 0.0953. The molecule has 0 aliphatic carbocycles. The Morgan fingerprint density at radius 2 is 1.69 bits per heavy atom. The number of amides is 1. The van der Waals surface area contributed by atoms with Gasteiger partial charge in [0.15, 0.2) is 5.16 Å². The molecule has 0 unspecified atom stereocenters. The summed E-state index contributed by atoms with van der Waals surface area (Å²) < 4.78 is 1.70. The number of hydrogen-bond donors (Lipinski definition) is 1. The molecule has 0 saturated carbocycles. The number of thioether (sulfide) groups is 1. The first-order valence-electron chi connectivity index (χ1n) is 11.9. The van der Waals surface area contributed by atoms with E-state index in [0.717, 1.165) is 23.2 Å². The molecule has 0 radical (unpaired) electrons. The van der Waals surface area contributed by atoms with Crippen molar-refractivity contribution < 1.29 is 4.79 Å². The van der Waals surface area contributed by atoms with Crippen molar-refractivity contribution in [3.8, 4) is 5.69 Å². The molecule has 3 aromatic carbocycles. The zero-order valence-electron chi connectivity index (χ0n) is 20.9. The summed E-state index contributed by atoms with van der Waals surface area (Å²) in [5, 5.41) is 4.00. The van der Waals surface area contributed by atoms with Gasteiger partial charge in [0.2, 0.25) is 0 Å². The van der Waals surface area contributed by atoms with Crippen LogP contribution in [0.25, 0.3) is 16.6 Å². The van der Waals surface area contributed by atoms with Gasteiger partial charge in [0, 0.05) is 17.9 Å². The van der Waals surface area contributed by atoms with Crippen molar-refractivity contribution in [3.05, 3.63) is 98.3 Å². The number of carbonyl (C=O) groups excluding carboxylic acids is 1. The quantitative estimate of drug-likeness (QED) is 0.256. The highest BCUT2D eigenvalue weighted by Crippen LogP contribution is 2.27. The van der Waals surface area contributed by atoms with Gasteiger partial charge in [-0.1, -0.05) is 48.5 Å². The van der Waals surface area contributed by atoms with Crippen molar-refractivity contribution in [2.24, 2.45) is 0 Å². The predicted molar refractivity (Wildman–Crippen MR) is 145 cm³/mol. The first-order valence-corrected chi connectivity index (χ1v) is 12.9. The Morgan fingerprint density at radius 3 is 2.40 bits per heavy atom. The summed E-state index contributed by atoms with van der Waals surface area (Å²) in [6, 6.07) is 17.6. The molecule has 1 aromatic heterocycles. The highest BCUT2D eigenvalue weighted by molar-refractivity contribution is 7.98. The van der Waals surface area contributed by atoms with Crippen molar-refractivity contribution in [1.29, 1.82) is 0 Å². The Hall–Kier alpha value is -3.38. The third-order valence-electron chi connectivity index (χ3n) is 5.96. The van der Waals surface area contributed by atoms with E-state index in [2.05, 4.69) is 43.4 Å². The molecular weight excluding hydrogens is 454 g/mol. The number of nitrogens with one attached hydrogen (secondary N) is 1. The minimum Gasteiger partial charge on any atom is -0.352 e. The van der Waals surface area contributed by atoms with Crippen LogP contribution in [0.4, 0.5) is 0 Å². The number of carbonyl (C=O) groups is 1. The van der Waals surface area contributed by atoms with Gasteiger partial charge in [-0.3, -0.25) is 14.2 Å². The maximum Gasteiger partial charge on any atom is 0.266 e. The second-order valence-corrected chi connectivity index (χ2v) is 10.0. The average molecular weight is 486 g/mol. The van der Waals surface area contributed by atoms with E-state index in [1.165, 1.54) is 28.5 Å². The van der Waals surface area contributed by atoms with Crippen molar-refractivity contribution in [2.75, 3.05) is 6.54 Å². The summed E-state index contributed by atoms with van der Waals surface area (Å²) in [5.41, 5.74) is 7.49. The molecule has 0 aliphatic heterocycles. The van der Waals surface area contributed by atoms with Gasteiger partial charge in [-0.15, -0.1) is 0 Å². The van der Waals surface area contributed by atoms with Crippen LogP contribution in [0.2, 0.25) is 0 Å². The smallest absolute Gasteiger partial charge is 0.266 e. The van der Waals surface area contributed by atoms with Crippen molar-refractivity contribution in [2.45, 2.75) is 51.9 Å². The molecule has 180 valence electrons. The Morgan fingerprint density at radius 1 is 0.943 bits per heavy atom. The summed E-state index contributed by atoms with van der Waals surface area (Å²) in [6.45, 7) is 10.9. The van der Waals surface area contributed by atoms with Crippen LogP contribution >= 0.6 is 11.8 Å². The topological polar surface area (TPSA) is 64.0 Å². The molecule has 6 heteroatoms. The van der Waals surface area contributed by atoms with Gasteiger partial charge in [0.25, 0.3) is 11.5 Å². The second-order valence-electron chi connectivity index (χ2n) is 9.09. The standard InChI is InChI=1S/C29H31N3O2S/c1-6-11-30-27(33)22-9-10-25-26(16-22)31-29(35-17-23-13-18(2)7-8-21(23)5)32(28(25)34)24-14-19(3)12-20(4)15-24/h7-10,12-16H,6,11,17H2,1-5H3,(H,30,33). The van der Waals surface area contributed by atoms with Crippen molar-refractivity contribution in [1.82, 2.24) is 14.9 Å². The van der Waals surface area contributed by atoms with Gasteiger partial charge in [-0.25, -0.2) is 4.98 Å². The number of aromatic nitrogens is 2. The molecule has 1 N–H and O–H groups in total. The third-order valence-corrected chi connectivity index (χ3v) is 6.95. The minimum atomic E-state index is -0.154. The van der Waals surface area contributed by atoms with E-state index < -0.39 is 0 Å². The minimum absolute atomic E-state index is 0.135. The van der Waals surface area contributed by atoms with Gasteiger partial charge in [-0.2, -0.15) is 0 Å². The molecule has 1 heterocycles. The molecule has 4 aromatic rings. The van der Waals surface area contributed by atoms with E-state index in [4.69, 9.17) is 4.98 Å². The van der Waals surface area contributed by atoms with E-state index in [1.807, 2.05) is 32.9 Å². The maximum atomic E-state index is 13.8. The molecule has 0 spiro atoms. The molecule has 4 rings (SSSR count). The first kappa shape index (κ1) is 24.7. The van der Waals surface area contributed by atoms with Gasteiger partial charge < -0.3 is 5.32 Å². The molecular formula is C29H31N3O2S. The SMILES string of the molecule is CCCNC(=O)c1ccc2c(=O)n(-c3cc(C)cc(C)c3)c(SCc3cc(C)ccc3C)nc2c1. The molecule has 0 bridgehead atoms. The van der Waals surface area contributed by atoms with Crippen molar-refractivity contribution >= 4 is 28.6 Å². The van der Waals surface area contributed by atoms with Crippen LogP contribution in [-0.4, -0.2) is 22.0 Å². The van der Waals surface area contributed by atoms with E-state index in [1.54, 1.807) is 22.8 Å². The summed E-state index contributed by atoms with van der Waals surface area (Å²) in [4.78, 5) is 31.2. The molecule has 0 fully saturated rings. The molecule has 35 heavy (non-hydrogen) atoms. The van der Waals surface area contributed by atoms with Gasteiger partial charge in [0.1, 0.15) is 0 Å². The molecule has 1 amide bonds. The van der Waals surface area contributed by atoms with E-state index >= 15 is 0 Å². The number of benzene rings is 3. The fraction of sp³-hybridized carbons (Fsp3) is 0.276. The summed E-state index contributed by atoms with van der Waals surface area (Å²) in [5.74, 6) is 0.533. The van der Waals surface area contributed by atoms with E-state index in [0.29, 0.717) is 33.9 Å². The largest absolute Gasteiger partial charge is 0.352 e. The fourth-order valence-electron chi connectivity index (χ4n) is 4.15. The van der Waals surface area contributed by atoms with Crippen molar-refractivity contribution in [3.63, 3.8) is 0 Å². The van der Waals surface area contributed by atoms with Crippen LogP contribution in [0.15, 0.2) is 64.5 Å². The third kappa shape index (κ3) is 5.49. The van der Waals surface area contributed by atoms with Gasteiger partial charge in [-0.05, 0) is 86.7 Å². The fourth-order valence-corrected chi connectivity index (χ4v) is 5.23. The lowest BCUT2D eigenvalue weighted by Gasteiger charge is -2.15. The lowest BCUT2D eigenvalue weighted by Crippen LogP contribution is -2.25. The number of nitrogens with zero attached hydrogens (tertiary/aromatic N) is 2. The summed E-state index contributed by atoms with van der Waals surface area (Å²) in [7, 11) is 0. The lowest BCUT2D eigenvalue weighted by atomic mass is 10.1. The average Bonchev–Trinajstić information content (AvgIpc) is 2.82. The van der Waals surface area contributed by atoms with Crippen LogP contribution in [0, 0.1) is 27.7 Å². The van der Waals surface area contributed by atoms with Crippen LogP contribution in [-0.2, 0) is 5.75 Å². The van der Waals surface area contributed by atoms with E-state index in [-0.39, 0.29) is 11.5 Å². The number of hydrogen-bond acceptors (Lipinski definition) is 4. The zero-order chi connectivity index (χ0) is 25.1. The highest BCUT2D eigenvalue weighted by atomic mass is 32.2. The van der Waals surface area contributed by atoms with Gasteiger partial charge in [0.05, 0.1) is 16.6 Å². The van der Waals surface area contributed by atoms with Crippen LogP contribution < -0.4 is 10.9 Å². The first-order chi connectivity index (χ1) is 16.8. The predicted octanol–water partition coefficient (Wildman–Crippen LogP) is 6.05. The highest BCUT2D eigenvalue weighted by Gasteiger charge is 2.16. The monoisotopic (exact) mass is 485 g/mol. The molecule has 0 aliphatic rings. The summed E-state index contributed by atoms with van der Waals surface area (Å²) in [6.07, 6.45) is 0.858. The Kier molecular flexibility index (Phi) is 7.41. The summed E-state index contributed by atoms with van der Waals surface area (Å²) >= 11 is 1.54. The maximum absolute atomic E-state index is 13.8. The number of aryl methyl sites for hydroxylation is 4. The Bertz CT molecular complexity index is 1450. The van der Waals surface area contributed by atoms with Gasteiger partial charge >= 0.3 is 0 Å². The number of fused-ring (bicyclic) bond motifs is 1.